The number of hydrogen-bond donors (Lipinski definition) is 0. The Kier molecular flexibility index (Phi) is 2.88. The van der Waals surface area contributed by atoms with Crippen LogP contribution in [0.4, 0.5) is 0 Å². The molecule has 90 valence electrons. The lowest BCUT2D eigenvalue weighted by Gasteiger charge is -2.01. The van der Waals surface area contributed by atoms with Crippen LogP contribution >= 0.6 is 11.3 Å². The molecule has 2 heteroatoms. The van der Waals surface area contributed by atoms with E-state index in [9.17, 15) is 0 Å². The van der Waals surface area contributed by atoms with E-state index < -0.39 is 0 Å². The third-order valence-electron chi connectivity index (χ3n) is 3.09. The summed E-state index contributed by atoms with van der Waals surface area (Å²) in [5.74, 6) is 0.553. The monoisotopic (exact) mass is 253 g/mol. The number of nitrogens with zero attached hydrogens (tertiary/aromatic N) is 1. The van der Waals surface area contributed by atoms with Gasteiger partial charge in [0, 0.05) is 16.6 Å². The highest BCUT2D eigenvalue weighted by atomic mass is 32.1. The minimum Gasteiger partial charge on any atom is -0.244 e. The molecule has 0 saturated heterocycles. The molecule has 3 aromatic rings. The van der Waals surface area contributed by atoms with Crippen LogP contribution in [0.2, 0.25) is 0 Å². The van der Waals surface area contributed by atoms with Crippen molar-refractivity contribution in [1.29, 1.82) is 0 Å². The van der Waals surface area contributed by atoms with Crippen molar-refractivity contribution in [2.75, 3.05) is 0 Å². The molecule has 0 spiro atoms. The first-order valence-corrected chi connectivity index (χ1v) is 7.00. The van der Waals surface area contributed by atoms with Crippen molar-refractivity contribution in [2.45, 2.75) is 19.8 Å². The number of rotatable bonds is 2. The van der Waals surface area contributed by atoms with Crippen LogP contribution in [0.1, 0.15) is 24.6 Å². The van der Waals surface area contributed by atoms with E-state index in [0.29, 0.717) is 5.92 Å². The Morgan fingerprint density at radius 1 is 1.00 bits per heavy atom. The summed E-state index contributed by atoms with van der Waals surface area (Å²) in [7, 11) is 0. The van der Waals surface area contributed by atoms with E-state index in [1.807, 2.05) is 6.20 Å². The molecule has 3 rings (SSSR count). The van der Waals surface area contributed by atoms with Crippen molar-refractivity contribution in [1.82, 2.24) is 4.98 Å². The summed E-state index contributed by atoms with van der Waals surface area (Å²) < 4.78 is 0. The highest BCUT2D eigenvalue weighted by Crippen LogP contribution is 2.31. The molecule has 0 aliphatic heterocycles. The van der Waals surface area contributed by atoms with Crippen LogP contribution in [0.25, 0.3) is 21.3 Å². The van der Waals surface area contributed by atoms with E-state index in [0.717, 1.165) is 5.01 Å². The molecule has 0 unspecified atom stereocenters. The van der Waals surface area contributed by atoms with Crippen LogP contribution in [0.3, 0.4) is 0 Å². The van der Waals surface area contributed by atoms with Gasteiger partial charge in [0.25, 0.3) is 0 Å². The van der Waals surface area contributed by atoms with Crippen LogP contribution in [-0.4, -0.2) is 4.98 Å². The minimum atomic E-state index is 0.553. The maximum Gasteiger partial charge on any atom is 0.123 e. The van der Waals surface area contributed by atoms with Crippen LogP contribution in [-0.2, 0) is 0 Å². The Balaban J connectivity index is 2.07. The normalized spacial score (nSPS) is 11.3. The first-order valence-electron chi connectivity index (χ1n) is 6.19. The van der Waals surface area contributed by atoms with Gasteiger partial charge in [-0.25, -0.2) is 4.98 Å². The molecule has 0 amide bonds. The zero-order valence-corrected chi connectivity index (χ0v) is 11.4. The van der Waals surface area contributed by atoms with Gasteiger partial charge in [-0.3, -0.25) is 0 Å². The van der Waals surface area contributed by atoms with E-state index in [2.05, 4.69) is 61.3 Å². The van der Waals surface area contributed by atoms with Crippen molar-refractivity contribution < 1.29 is 0 Å². The fourth-order valence-corrected chi connectivity index (χ4v) is 2.92. The van der Waals surface area contributed by atoms with E-state index in [1.54, 1.807) is 11.3 Å². The zero-order chi connectivity index (χ0) is 12.5. The molecule has 0 saturated carbocycles. The molecule has 0 fully saturated rings. The molecular weight excluding hydrogens is 238 g/mol. The van der Waals surface area contributed by atoms with Crippen molar-refractivity contribution in [3.8, 4) is 10.6 Å². The predicted molar refractivity (Wildman–Crippen MR) is 79.1 cm³/mol. The van der Waals surface area contributed by atoms with Gasteiger partial charge in [-0.05, 0) is 22.8 Å². The average molecular weight is 253 g/mol. The predicted octanol–water partition coefficient (Wildman–Crippen LogP) is 5.09. The molecule has 0 aliphatic rings. The summed E-state index contributed by atoms with van der Waals surface area (Å²) in [6.07, 6.45) is 2.00. The fourth-order valence-electron chi connectivity index (χ4n) is 2.01. The molecule has 0 bridgehead atoms. The SMILES string of the molecule is CC(C)c1cnc(-c2ccc3ccccc3c2)s1. The molecule has 0 aliphatic carbocycles. The first-order chi connectivity index (χ1) is 8.74. The van der Waals surface area contributed by atoms with Gasteiger partial charge in [-0.15, -0.1) is 11.3 Å². The van der Waals surface area contributed by atoms with Gasteiger partial charge in [-0.1, -0.05) is 50.2 Å². The van der Waals surface area contributed by atoms with Gasteiger partial charge < -0.3 is 0 Å². The van der Waals surface area contributed by atoms with E-state index in [4.69, 9.17) is 0 Å². The van der Waals surface area contributed by atoms with Crippen LogP contribution in [0.5, 0.6) is 0 Å². The lowest BCUT2D eigenvalue weighted by molar-refractivity contribution is 0.885. The summed E-state index contributed by atoms with van der Waals surface area (Å²) in [6.45, 7) is 4.41. The highest BCUT2D eigenvalue weighted by Gasteiger charge is 2.07. The lowest BCUT2D eigenvalue weighted by atomic mass is 10.1. The summed E-state index contributed by atoms with van der Waals surface area (Å²) in [5.41, 5.74) is 1.21. The third-order valence-corrected chi connectivity index (χ3v) is 4.44. The Labute approximate surface area is 111 Å². The highest BCUT2D eigenvalue weighted by molar-refractivity contribution is 7.15. The topological polar surface area (TPSA) is 12.9 Å². The van der Waals surface area contributed by atoms with Crippen molar-refractivity contribution in [3.63, 3.8) is 0 Å². The molecule has 18 heavy (non-hydrogen) atoms. The maximum absolute atomic E-state index is 4.53. The second kappa shape index (κ2) is 4.54. The van der Waals surface area contributed by atoms with E-state index in [-0.39, 0.29) is 0 Å². The standard InChI is InChI=1S/C16H15NS/c1-11(2)15-10-17-16(18-15)14-8-7-12-5-3-4-6-13(12)9-14/h3-11H,1-2H3. The van der Waals surface area contributed by atoms with Gasteiger partial charge in [0.15, 0.2) is 0 Å². The Hall–Kier alpha value is -1.67. The van der Waals surface area contributed by atoms with Crippen molar-refractivity contribution in [2.24, 2.45) is 0 Å². The quantitative estimate of drug-likeness (QED) is 0.620. The molecule has 2 aromatic carbocycles. The summed E-state index contributed by atoms with van der Waals surface area (Å²) in [6, 6.07) is 15.0. The number of fused-ring (bicyclic) bond motifs is 1. The Morgan fingerprint density at radius 2 is 1.78 bits per heavy atom. The average Bonchev–Trinajstić information content (AvgIpc) is 2.88. The molecule has 1 aromatic heterocycles. The van der Waals surface area contributed by atoms with Gasteiger partial charge in [0.05, 0.1) is 0 Å². The Bertz CT molecular complexity index is 682. The molecule has 0 radical (unpaired) electrons. The van der Waals surface area contributed by atoms with Crippen LogP contribution < -0.4 is 0 Å². The third kappa shape index (κ3) is 2.04. The van der Waals surface area contributed by atoms with Gasteiger partial charge in [-0.2, -0.15) is 0 Å². The van der Waals surface area contributed by atoms with Crippen LogP contribution in [0.15, 0.2) is 48.7 Å². The second-order valence-corrected chi connectivity index (χ2v) is 5.85. The lowest BCUT2D eigenvalue weighted by Crippen LogP contribution is -1.77. The molecule has 1 nitrogen and oxygen atoms in total. The largest absolute Gasteiger partial charge is 0.244 e. The molecule has 1 heterocycles. The number of hydrogen-bond acceptors (Lipinski definition) is 2. The van der Waals surface area contributed by atoms with Gasteiger partial charge in [0.1, 0.15) is 5.01 Å². The van der Waals surface area contributed by atoms with Crippen molar-refractivity contribution in [3.05, 3.63) is 53.5 Å². The first kappa shape index (κ1) is 11.4. The smallest absolute Gasteiger partial charge is 0.123 e. The van der Waals surface area contributed by atoms with Crippen molar-refractivity contribution >= 4 is 22.1 Å². The number of thiazole rings is 1. The Morgan fingerprint density at radius 3 is 2.50 bits per heavy atom. The fraction of sp³-hybridized carbons (Fsp3) is 0.188. The zero-order valence-electron chi connectivity index (χ0n) is 10.6. The second-order valence-electron chi connectivity index (χ2n) is 4.78. The summed E-state index contributed by atoms with van der Waals surface area (Å²) in [4.78, 5) is 5.88. The molecular formula is C16H15NS. The molecule has 0 atom stereocenters. The van der Waals surface area contributed by atoms with E-state index in [1.165, 1.54) is 21.2 Å². The molecule has 0 N–H and O–H groups in total. The van der Waals surface area contributed by atoms with Gasteiger partial charge >= 0.3 is 0 Å². The van der Waals surface area contributed by atoms with Crippen LogP contribution in [0, 0.1) is 0 Å². The number of aromatic nitrogens is 1. The summed E-state index contributed by atoms with van der Waals surface area (Å²) >= 11 is 1.79. The van der Waals surface area contributed by atoms with Gasteiger partial charge in [0.2, 0.25) is 0 Å². The minimum absolute atomic E-state index is 0.553. The van der Waals surface area contributed by atoms with E-state index >= 15 is 0 Å². The number of benzene rings is 2. The summed E-state index contributed by atoms with van der Waals surface area (Å²) in [5, 5.41) is 3.67. The maximum atomic E-state index is 4.53.